The number of ether oxygens (including phenoxy) is 2. The van der Waals surface area contributed by atoms with Crippen LogP contribution in [0.2, 0.25) is 0 Å². The SMILES string of the molecule is C=C(c1ccc(OC)cc1)c1ccc(N2CCOCC2)cc1. The Labute approximate surface area is 131 Å². The van der Waals surface area contributed by atoms with Gasteiger partial charge in [0.15, 0.2) is 0 Å². The third-order valence-electron chi connectivity index (χ3n) is 4.03. The van der Waals surface area contributed by atoms with E-state index in [1.807, 2.05) is 24.3 Å². The molecule has 0 aliphatic carbocycles. The number of hydrogen-bond donors (Lipinski definition) is 0. The van der Waals surface area contributed by atoms with Gasteiger partial charge in [0.05, 0.1) is 20.3 Å². The normalized spacial score (nSPS) is 14.7. The van der Waals surface area contributed by atoms with Crippen molar-refractivity contribution in [3.05, 3.63) is 66.2 Å². The van der Waals surface area contributed by atoms with Gasteiger partial charge in [0.1, 0.15) is 5.75 Å². The summed E-state index contributed by atoms with van der Waals surface area (Å²) in [5.74, 6) is 0.860. The Morgan fingerprint density at radius 2 is 1.50 bits per heavy atom. The zero-order valence-electron chi connectivity index (χ0n) is 12.9. The van der Waals surface area contributed by atoms with E-state index in [1.165, 1.54) is 5.69 Å². The maximum absolute atomic E-state index is 5.39. The summed E-state index contributed by atoms with van der Waals surface area (Å²) in [4.78, 5) is 2.35. The fourth-order valence-corrected chi connectivity index (χ4v) is 2.65. The molecular weight excluding hydrogens is 274 g/mol. The van der Waals surface area contributed by atoms with Crippen LogP contribution in [-0.2, 0) is 4.74 Å². The molecule has 0 N–H and O–H groups in total. The molecule has 0 amide bonds. The Morgan fingerprint density at radius 1 is 0.955 bits per heavy atom. The van der Waals surface area contributed by atoms with Crippen molar-refractivity contribution in [3.8, 4) is 5.75 Å². The molecule has 3 rings (SSSR count). The van der Waals surface area contributed by atoms with Gasteiger partial charge in [-0.15, -0.1) is 0 Å². The van der Waals surface area contributed by atoms with Crippen LogP contribution in [0.5, 0.6) is 5.75 Å². The highest BCUT2D eigenvalue weighted by Crippen LogP contribution is 2.26. The number of benzene rings is 2. The van der Waals surface area contributed by atoms with Gasteiger partial charge >= 0.3 is 0 Å². The molecule has 0 radical (unpaired) electrons. The van der Waals surface area contributed by atoms with Crippen molar-refractivity contribution in [1.82, 2.24) is 0 Å². The van der Waals surface area contributed by atoms with E-state index >= 15 is 0 Å². The van der Waals surface area contributed by atoms with E-state index in [0.717, 1.165) is 48.8 Å². The van der Waals surface area contributed by atoms with Gasteiger partial charge in [0.2, 0.25) is 0 Å². The lowest BCUT2D eigenvalue weighted by Crippen LogP contribution is -2.36. The first kappa shape index (κ1) is 14.7. The lowest BCUT2D eigenvalue weighted by Gasteiger charge is -2.29. The summed E-state index contributed by atoms with van der Waals surface area (Å²) >= 11 is 0. The Hall–Kier alpha value is -2.26. The monoisotopic (exact) mass is 295 g/mol. The molecule has 3 heteroatoms. The second kappa shape index (κ2) is 6.67. The molecule has 1 fully saturated rings. The number of nitrogens with zero attached hydrogens (tertiary/aromatic N) is 1. The second-order valence-electron chi connectivity index (χ2n) is 5.35. The summed E-state index contributed by atoms with van der Waals surface area (Å²) < 4.78 is 10.6. The van der Waals surface area contributed by atoms with Crippen molar-refractivity contribution in [1.29, 1.82) is 0 Å². The molecule has 0 aromatic heterocycles. The Kier molecular flexibility index (Phi) is 4.45. The Morgan fingerprint density at radius 3 is 2.05 bits per heavy atom. The molecule has 0 spiro atoms. The molecule has 2 aromatic carbocycles. The summed E-state index contributed by atoms with van der Waals surface area (Å²) in [6.45, 7) is 7.74. The van der Waals surface area contributed by atoms with Crippen molar-refractivity contribution >= 4 is 11.3 Å². The van der Waals surface area contributed by atoms with Crippen molar-refractivity contribution in [2.75, 3.05) is 38.3 Å². The molecule has 22 heavy (non-hydrogen) atoms. The topological polar surface area (TPSA) is 21.7 Å². The van der Waals surface area contributed by atoms with Gasteiger partial charge < -0.3 is 14.4 Å². The van der Waals surface area contributed by atoms with Gasteiger partial charge in [-0.05, 0) is 41.0 Å². The van der Waals surface area contributed by atoms with Gasteiger partial charge in [0.25, 0.3) is 0 Å². The maximum atomic E-state index is 5.39. The fraction of sp³-hybridized carbons (Fsp3) is 0.263. The van der Waals surface area contributed by atoms with Gasteiger partial charge in [-0.3, -0.25) is 0 Å². The van der Waals surface area contributed by atoms with E-state index in [1.54, 1.807) is 7.11 Å². The molecule has 2 aromatic rings. The van der Waals surface area contributed by atoms with Crippen molar-refractivity contribution in [3.63, 3.8) is 0 Å². The highest BCUT2D eigenvalue weighted by Gasteiger charge is 2.11. The van der Waals surface area contributed by atoms with Crippen LogP contribution in [0.3, 0.4) is 0 Å². The van der Waals surface area contributed by atoms with Crippen LogP contribution in [-0.4, -0.2) is 33.4 Å². The zero-order valence-corrected chi connectivity index (χ0v) is 12.9. The first-order valence-electron chi connectivity index (χ1n) is 7.54. The number of rotatable bonds is 4. The maximum Gasteiger partial charge on any atom is 0.118 e. The van der Waals surface area contributed by atoms with Crippen LogP contribution in [0.15, 0.2) is 55.1 Å². The van der Waals surface area contributed by atoms with Gasteiger partial charge in [-0.2, -0.15) is 0 Å². The number of morpholine rings is 1. The molecule has 114 valence electrons. The highest BCUT2D eigenvalue weighted by atomic mass is 16.5. The predicted molar refractivity (Wildman–Crippen MR) is 90.6 cm³/mol. The minimum Gasteiger partial charge on any atom is -0.497 e. The Balaban J connectivity index is 1.74. The Bertz CT molecular complexity index is 625. The van der Waals surface area contributed by atoms with E-state index in [9.17, 15) is 0 Å². The molecule has 3 nitrogen and oxygen atoms in total. The van der Waals surface area contributed by atoms with Crippen LogP contribution in [0.25, 0.3) is 5.57 Å². The summed E-state index contributed by atoms with van der Waals surface area (Å²) in [6.07, 6.45) is 0. The van der Waals surface area contributed by atoms with E-state index < -0.39 is 0 Å². The lowest BCUT2D eigenvalue weighted by molar-refractivity contribution is 0.122. The van der Waals surface area contributed by atoms with Gasteiger partial charge in [-0.25, -0.2) is 0 Å². The molecule has 0 saturated carbocycles. The van der Waals surface area contributed by atoms with E-state index in [4.69, 9.17) is 9.47 Å². The van der Waals surface area contributed by atoms with Crippen LogP contribution < -0.4 is 9.64 Å². The molecule has 1 heterocycles. The smallest absolute Gasteiger partial charge is 0.118 e. The first-order valence-corrected chi connectivity index (χ1v) is 7.54. The quantitative estimate of drug-likeness (QED) is 0.860. The van der Waals surface area contributed by atoms with Crippen LogP contribution in [0.4, 0.5) is 5.69 Å². The standard InChI is InChI=1S/C19H21NO2/c1-15(17-5-9-19(21-2)10-6-17)16-3-7-18(8-4-16)20-11-13-22-14-12-20/h3-10H,1,11-14H2,2H3. The second-order valence-corrected chi connectivity index (χ2v) is 5.35. The molecule has 0 bridgehead atoms. The fourth-order valence-electron chi connectivity index (χ4n) is 2.65. The predicted octanol–water partition coefficient (Wildman–Crippen LogP) is 3.59. The van der Waals surface area contributed by atoms with Crippen LogP contribution in [0.1, 0.15) is 11.1 Å². The van der Waals surface area contributed by atoms with Crippen LogP contribution in [0, 0.1) is 0 Å². The largest absolute Gasteiger partial charge is 0.497 e. The lowest BCUT2D eigenvalue weighted by atomic mass is 9.99. The average Bonchev–Trinajstić information content (AvgIpc) is 2.62. The summed E-state index contributed by atoms with van der Waals surface area (Å²) in [7, 11) is 1.67. The van der Waals surface area contributed by atoms with Crippen LogP contribution >= 0.6 is 0 Å². The van der Waals surface area contributed by atoms with E-state index in [2.05, 4.69) is 35.7 Å². The van der Waals surface area contributed by atoms with E-state index in [-0.39, 0.29) is 0 Å². The van der Waals surface area contributed by atoms with Gasteiger partial charge in [0, 0.05) is 18.8 Å². The third kappa shape index (κ3) is 3.15. The van der Waals surface area contributed by atoms with Crippen molar-refractivity contribution < 1.29 is 9.47 Å². The van der Waals surface area contributed by atoms with E-state index in [0.29, 0.717) is 0 Å². The summed E-state index contributed by atoms with van der Waals surface area (Å²) in [5.41, 5.74) is 4.52. The molecule has 1 saturated heterocycles. The molecule has 0 unspecified atom stereocenters. The minimum atomic E-state index is 0.806. The molecule has 1 aliphatic rings. The number of hydrogen-bond acceptors (Lipinski definition) is 3. The third-order valence-corrected chi connectivity index (χ3v) is 4.03. The molecule has 1 aliphatic heterocycles. The van der Waals surface area contributed by atoms with Crippen molar-refractivity contribution in [2.45, 2.75) is 0 Å². The minimum absolute atomic E-state index is 0.806. The first-order chi connectivity index (χ1) is 10.8. The zero-order chi connectivity index (χ0) is 15.4. The summed E-state index contributed by atoms with van der Waals surface area (Å²) in [6, 6.07) is 16.6. The number of methoxy groups -OCH3 is 1. The summed E-state index contributed by atoms with van der Waals surface area (Å²) in [5, 5.41) is 0. The highest BCUT2D eigenvalue weighted by molar-refractivity contribution is 5.79. The van der Waals surface area contributed by atoms with Crippen molar-refractivity contribution in [2.24, 2.45) is 0 Å². The molecular formula is C19H21NO2. The number of anilines is 1. The molecule has 0 atom stereocenters. The van der Waals surface area contributed by atoms with Gasteiger partial charge in [-0.1, -0.05) is 30.8 Å². The average molecular weight is 295 g/mol.